The smallest absolute Gasteiger partial charge is 0.213 e. The van der Waals surface area contributed by atoms with E-state index in [0.717, 1.165) is 12.8 Å². The second kappa shape index (κ2) is 5.70. The molecule has 0 atom stereocenters. The summed E-state index contributed by atoms with van der Waals surface area (Å²) in [6, 6.07) is 0. The Hall–Kier alpha value is -0.420. The fourth-order valence-electron chi connectivity index (χ4n) is 2.32. The van der Waals surface area contributed by atoms with E-state index in [1.54, 1.807) is 13.8 Å². The van der Waals surface area contributed by atoms with E-state index >= 15 is 0 Å². The van der Waals surface area contributed by atoms with Crippen molar-refractivity contribution < 1.29 is 13.2 Å². The highest BCUT2D eigenvalue weighted by atomic mass is 32.2. The molecule has 1 aliphatic carbocycles. The summed E-state index contributed by atoms with van der Waals surface area (Å²) in [6.45, 7) is 7.96. The van der Waals surface area contributed by atoms with E-state index in [9.17, 15) is 13.2 Å². The number of carbonyl (C=O) groups excluding carboxylic acids is 1. The highest BCUT2D eigenvalue weighted by Crippen LogP contribution is 2.36. The van der Waals surface area contributed by atoms with Crippen molar-refractivity contribution in [3.05, 3.63) is 0 Å². The van der Waals surface area contributed by atoms with Gasteiger partial charge in [0.05, 0.1) is 5.25 Å². The number of hydrogen-bond acceptors (Lipinski definition) is 3. The molecule has 1 saturated carbocycles. The van der Waals surface area contributed by atoms with Gasteiger partial charge in [0.1, 0.15) is 5.78 Å². The largest absolute Gasteiger partial charge is 0.300 e. The van der Waals surface area contributed by atoms with Crippen LogP contribution in [0, 0.1) is 11.3 Å². The maximum atomic E-state index is 11.7. The SMILES string of the molecule is CC(C)S(=O)(=O)NCC(C)(C)C1CCC(=O)CC1. The number of sulfonamides is 1. The number of hydrogen-bond donors (Lipinski definition) is 1. The highest BCUT2D eigenvalue weighted by molar-refractivity contribution is 7.90. The van der Waals surface area contributed by atoms with Gasteiger partial charge in [0.15, 0.2) is 0 Å². The molecule has 0 aliphatic heterocycles. The summed E-state index contributed by atoms with van der Waals surface area (Å²) in [5, 5.41) is -0.402. The molecule has 0 radical (unpaired) electrons. The van der Waals surface area contributed by atoms with Crippen LogP contribution in [0.2, 0.25) is 0 Å². The topological polar surface area (TPSA) is 63.2 Å². The van der Waals surface area contributed by atoms with E-state index in [1.165, 1.54) is 0 Å². The van der Waals surface area contributed by atoms with Crippen molar-refractivity contribution in [3.8, 4) is 0 Å². The quantitative estimate of drug-likeness (QED) is 0.835. The average Bonchev–Trinajstić information content (AvgIpc) is 2.27. The lowest BCUT2D eigenvalue weighted by Crippen LogP contribution is -2.42. The fourth-order valence-corrected chi connectivity index (χ4v) is 3.23. The molecule has 5 heteroatoms. The summed E-state index contributed by atoms with van der Waals surface area (Å²) in [5.41, 5.74) is -0.0946. The van der Waals surface area contributed by atoms with Crippen molar-refractivity contribution in [2.24, 2.45) is 11.3 Å². The maximum absolute atomic E-state index is 11.7. The molecular formula is C13H25NO3S. The molecule has 0 bridgehead atoms. The first kappa shape index (κ1) is 15.6. The maximum Gasteiger partial charge on any atom is 0.213 e. The Balaban J connectivity index is 2.57. The Morgan fingerprint density at radius 2 is 1.78 bits per heavy atom. The van der Waals surface area contributed by atoms with Gasteiger partial charge in [-0.2, -0.15) is 0 Å². The van der Waals surface area contributed by atoms with Crippen molar-refractivity contribution in [3.63, 3.8) is 0 Å². The third kappa shape index (κ3) is 4.05. The van der Waals surface area contributed by atoms with E-state index < -0.39 is 15.3 Å². The van der Waals surface area contributed by atoms with Crippen LogP contribution >= 0.6 is 0 Å². The zero-order chi connectivity index (χ0) is 14.0. The minimum Gasteiger partial charge on any atom is -0.300 e. The monoisotopic (exact) mass is 275 g/mol. The summed E-state index contributed by atoms with van der Waals surface area (Å²) >= 11 is 0. The molecule has 1 aliphatic rings. The summed E-state index contributed by atoms with van der Waals surface area (Å²) in [6.07, 6.45) is 3.06. The first-order valence-electron chi connectivity index (χ1n) is 6.65. The molecule has 0 aromatic heterocycles. The molecule has 0 unspecified atom stereocenters. The molecule has 106 valence electrons. The van der Waals surface area contributed by atoms with Gasteiger partial charge >= 0.3 is 0 Å². The molecule has 1 fully saturated rings. The first-order valence-corrected chi connectivity index (χ1v) is 8.20. The van der Waals surface area contributed by atoms with Crippen LogP contribution in [0.3, 0.4) is 0 Å². The Kier molecular flexibility index (Phi) is 4.95. The van der Waals surface area contributed by atoms with Crippen LogP contribution in [-0.2, 0) is 14.8 Å². The van der Waals surface area contributed by atoms with Crippen LogP contribution in [0.15, 0.2) is 0 Å². The molecule has 0 amide bonds. The summed E-state index contributed by atoms with van der Waals surface area (Å²) in [5.74, 6) is 0.759. The summed E-state index contributed by atoms with van der Waals surface area (Å²) < 4.78 is 26.2. The molecule has 1 N–H and O–H groups in total. The number of ketones is 1. The fraction of sp³-hybridized carbons (Fsp3) is 0.923. The van der Waals surface area contributed by atoms with Gasteiger partial charge in [0.25, 0.3) is 0 Å². The zero-order valence-electron chi connectivity index (χ0n) is 11.8. The minimum atomic E-state index is -3.20. The molecule has 0 aromatic carbocycles. The van der Waals surface area contributed by atoms with Crippen LogP contribution < -0.4 is 4.72 Å². The molecule has 18 heavy (non-hydrogen) atoms. The van der Waals surface area contributed by atoms with Crippen LogP contribution in [0.4, 0.5) is 0 Å². The molecule has 0 spiro atoms. The van der Waals surface area contributed by atoms with Gasteiger partial charge in [0.2, 0.25) is 10.0 Å². The van der Waals surface area contributed by atoms with E-state index in [0.29, 0.717) is 31.1 Å². The third-order valence-electron chi connectivity index (χ3n) is 4.00. The average molecular weight is 275 g/mol. The van der Waals surface area contributed by atoms with E-state index in [4.69, 9.17) is 0 Å². The number of nitrogens with one attached hydrogen (secondary N) is 1. The third-order valence-corrected chi connectivity index (χ3v) is 5.79. The Labute approximate surface area is 111 Å². The molecule has 1 rings (SSSR count). The predicted octanol–water partition coefficient (Wildman–Crippen LogP) is 2.10. The molecule has 0 aromatic rings. The van der Waals surface area contributed by atoms with E-state index in [2.05, 4.69) is 18.6 Å². The van der Waals surface area contributed by atoms with Crippen molar-refractivity contribution in [2.75, 3.05) is 6.54 Å². The Morgan fingerprint density at radius 3 is 2.22 bits per heavy atom. The first-order chi connectivity index (χ1) is 8.15. The lowest BCUT2D eigenvalue weighted by atomic mass is 9.71. The summed E-state index contributed by atoms with van der Waals surface area (Å²) in [4.78, 5) is 11.2. The number of rotatable bonds is 5. The van der Waals surface area contributed by atoms with Gasteiger partial charge in [-0.1, -0.05) is 13.8 Å². The number of Topliss-reactive ketones (excluding diaryl/α,β-unsaturated/α-hetero) is 1. The molecule has 4 nitrogen and oxygen atoms in total. The highest BCUT2D eigenvalue weighted by Gasteiger charge is 2.33. The van der Waals surface area contributed by atoms with Crippen LogP contribution in [-0.4, -0.2) is 26.0 Å². The van der Waals surface area contributed by atoms with E-state index in [1.807, 2.05) is 0 Å². The van der Waals surface area contributed by atoms with Crippen LogP contribution in [0.5, 0.6) is 0 Å². The standard InChI is InChI=1S/C13H25NO3S/c1-10(2)18(16,17)14-9-13(3,4)11-5-7-12(15)8-6-11/h10-11,14H,5-9H2,1-4H3. The molecular weight excluding hydrogens is 250 g/mol. The lowest BCUT2D eigenvalue weighted by molar-refractivity contribution is -0.121. The molecule has 0 saturated heterocycles. The number of carbonyl (C=O) groups is 1. The van der Waals surface area contributed by atoms with Gasteiger partial charge in [-0.15, -0.1) is 0 Å². The van der Waals surface area contributed by atoms with Crippen molar-refractivity contribution in [2.45, 2.75) is 58.6 Å². The predicted molar refractivity (Wildman–Crippen MR) is 72.8 cm³/mol. The molecule has 0 heterocycles. The van der Waals surface area contributed by atoms with Crippen molar-refractivity contribution in [1.82, 2.24) is 4.72 Å². The van der Waals surface area contributed by atoms with Gasteiger partial charge in [-0.3, -0.25) is 4.79 Å². The second-order valence-corrected chi connectivity index (χ2v) is 8.54. The lowest BCUT2D eigenvalue weighted by Gasteiger charge is -2.36. The Bertz CT molecular complexity index is 388. The van der Waals surface area contributed by atoms with Crippen LogP contribution in [0.25, 0.3) is 0 Å². The van der Waals surface area contributed by atoms with E-state index in [-0.39, 0.29) is 5.41 Å². The van der Waals surface area contributed by atoms with Gasteiger partial charge < -0.3 is 0 Å². The minimum absolute atomic E-state index is 0.0946. The van der Waals surface area contributed by atoms with Gasteiger partial charge in [0, 0.05) is 19.4 Å². The van der Waals surface area contributed by atoms with Gasteiger partial charge in [-0.25, -0.2) is 13.1 Å². The normalized spacial score (nSPS) is 19.5. The van der Waals surface area contributed by atoms with Crippen LogP contribution in [0.1, 0.15) is 53.4 Å². The zero-order valence-corrected chi connectivity index (χ0v) is 12.6. The van der Waals surface area contributed by atoms with Gasteiger partial charge in [-0.05, 0) is 38.0 Å². The van der Waals surface area contributed by atoms with Crippen molar-refractivity contribution in [1.29, 1.82) is 0 Å². The van der Waals surface area contributed by atoms with Crippen molar-refractivity contribution >= 4 is 15.8 Å². The summed E-state index contributed by atoms with van der Waals surface area (Å²) in [7, 11) is -3.20. The Morgan fingerprint density at radius 1 is 1.28 bits per heavy atom. The second-order valence-electron chi connectivity index (χ2n) is 6.22.